The quantitative estimate of drug-likeness (QED) is 0.586. The Kier molecular flexibility index (Phi) is 4.02. The zero-order valence-corrected chi connectivity index (χ0v) is 7.86. The molecule has 0 aliphatic heterocycles. The van der Waals surface area contributed by atoms with E-state index in [4.69, 9.17) is 4.74 Å². The van der Waals surface area contributed by atoms with Gasteiger partial charge in [-0.1, -0.05) is 0 Å². The van der Waals surface area contributed by atoms with Crippen LogP contribution in [-0.4, -0.2) is 12.4 Å². The van der Waals surface area contributed by atoms with Crippen LogP contribution in [0.4, 0.5) is 8.78 Å². The molecule has 0 aliphatic carbocycles. The summed E-state index contributed by atoms with van der Waals surface area (Å²) in [5.74, 6) is -0.415. The highest BCUT2D eigenvalue weighted by Crippen LogP contribution is 2.17. The maximum Gasteiger partial charge on any atom is 0.165 e. The molecule has 1 nitrogen and oxygen atoms in total. The fraction of sp³-hybridized carbons (Fsp3) is 0.333. The second-order valence-electron chi connectivity index (χ2n) is 2.50. The molecule has 1 aromatic rings. The van der Waals surface area contributed by atoms with Crippen LogP contribution in [0.2, 0.25) is 0 Å². The van der Waals surface area contributed by atoms with Gasteiger partial charge in [0.2, 0.25) is 0 Å². The first-order valence-corrected chi connectivity index (χ1v) is 4.56. The van der Waals surface area contributed by atoms with Gasteiger partial charge in [0, 0.05) is 6.07 Å². The molecule has 0 spiro atoms. The van der Waals surface area contributed by atoms with E-state index in [9.17, 15) is 8.78 Å². The van der Waals surface area contributed by atoms with Crippen molar-refractivity contribution in [3.05, 3.63) is 29.8 Å². The molecule has 1 aromatic carbocycles. The van der Waals surface area contributed by atoms with Crippen molar-refractivity contribution in [1.29, 1.82) is 0 Å². The fourth-order valence-electron chi connectivity index (χ4n) is 0.834. The first-order valence-electron chi connectivity index (χ1n) is 3.93. The predicted molar refractivity (Wildman–Crippen MR) is 50.3 cm³/mol. The monoisotopic (exact) mass is 204 g/mol. The molecule has 13 heavy (non-hydrogen) atoms. The summed E-state index contributed by atoms with van der Waals surface area (Å²) in [6, 6.07) is 3.14. The highest BCUT2D eigenvalue weighted by Gasteiger charge is 2.03. The number of benzene rings is 1. The first-order chi connectivity index (χ1) is 6.24. The Morgan fingerprint density at radius 3 is 2.77 bits per heavy atom. The SMILES string of the molecule is Fc1ccc(F)c(OCCCS)c1. The molecule has 0 bridgehead atoms. The Bertz CT molecular complexity index is 278. The smallest absolute Gasteiger partial charge is 0.165 e. The number of hydrogen-bond donors (Lipinski definition) is 1. The van der Waals surface area contributed by atoms with Gasteiger partial charge in [-0.15, -0.1) is 0 Å². The van der Waals surface area contributed by atoms with Crippen LogP contribution in [0.1, 0.15) is 6.42 Å². The van der Waals surface area contributed by atoms with Gasteiger partial charge in [-0.2, -0.15) is 12.6 Å². The van der Waals surface area contributed by atoms with Gasteiger partial charge < -0.3 is 4.74 Å². The van der Waals surface area contributed by atoms with Gasteiger partial charge in [-0.3, -0.25) is 0 Å². The Morgan fingerprint density at radius 2 is 2.08 bits per heavy atom. The van der Waals surface area contributed by atoms with Gasteiger partial charge in [0.05, 0.1) is 6.61 Å². The van der Waals surface area contributed by atoms with Gasteiger partial charge in [-0.25, -0.2) is 8.78 Å². The maximum absolute atomic E-state index is 12.9. The molecule has 1 rings (SSSR count). The van der Waals surface area contributed by atoms with Crippen LogP contribution in [0.5, 0.6) is 5.75 Å². The maximum atomic E-state index is 12.9. The average Bonchev–Trinajstić information content (AvgIpc) is 2.11. The zero-order valence-electron chi connectivity index (χ0n) is 6.96. The van der Waals surface area contributed by atoms with E-state index in [-0.39, 0.29) is 5.75 Å². The lowest BCUT2D eigenvalue weighted by atomic mass is 10.3. The predicted octanol–water partition coefficient (Wildman–Crippen LogP) is 2.66. The van der Waals surface area contributed by atoms with E-state index in [0.29, 0.717) is 18.8 Å². The minimum atomic E-state index is -0.541. The molecular formula is C9H10F2OS. The van der Waals surface area contributed by atoms with E-state index in [1.165, 1.54) is 0 Å². The van der Waals surface area contributed by atoms with E-state index in [1.54, 1.807) is 0 Å². The second kappa shape index (κ2) is 5.07. The number of rotatable bonds is 4. The highest BCUT2D eigenvalue weighted by molar-refractivity contribution is 7.80. The van der Waals surface area contributed by atoms with Crippen LogP contribution < -0.4 is 4.74 Å². The van der Waals surface area contributed by atoms with Gasteiger partial charge in [0.15, 0.2) is 11.6 Å². The second-order valence-corrected chi connectivity index (χ2v) is 2.95. The Morgan fingerprint density at radius 1 is 1.31 bits per heavy atom. The van der Waals surface area contributed by atoms with Gasteiger partial charge in [0.1, 0.15) is 5.82 Å². The van der Waals surface area contributed by atoms with Crippen molar-refractivity contribution in [3.8, 4) is 5.75 Å². The van der Waals surface area contributed by atoms with Gasteiger partial charge in [0.25, 0.3) is 0 Å². The highest BCUT2D eigenvalue weighted by atomic mass is 32.1. The van der Waals surface area contributed by atoms with Crippen molar-refractivity contribution in [1.82, 2.24) is 0 Å². The van der Waals surface area contributed by atoms with E-state index in [2.05, 4.69) is 12.6 Å². The summed E-state index contributed by atoms with van der Waals surface area (Å²) in [4.78, 5) is 0. The van der Waals surface area contributed by atoms with Crippen molar-refractivity contribution in [2.45, 2.75) is 6.42 Å². The summed E-state index contributed by atoms with van der Waals surface area (Å²) in [5, 5.41) is 0. The third kappa shape index (κ3) is 3.22. The lowest BCUT2D eigenvalue weighted by molar-refractivity contribution is 0.300. The van der Waals surface area contributed by atoms with E-state index < -0.39 is 11.6 Å². The molecule has 0 atom stereocenters. The van der Waals surface area contributed by atoms with Crippen LogP contribution in [0.15, 0.2) is 18.2 Å². The molecule has 0 saturated carbocycles. The number of halogens is 2. The minimum absolute atomic E-state index is 0.0400. The molecule has 0 unspecified atom stereocenters. The number of hydrogen-bond acceptors (Lipinski definition) is 2. The molecule has 0 radical (unpaired) electrons. The van der Waals surface area contributed by atoms with Crippen molar-refractivity contribution < 1.29 is 13.5 Å². The van der Waals surface area contributed by atoms with E-state index in [1.807, 2.05) is 0 Å². The van der Waals surface area contributed by atoms with Crippen molar-refractivity contribution >= 4 is 12.6 Å². The molecule has 72 valence electrons. The molecule has 0 heterocycles. The molecule has 0 amide bonds. The summed E-state index contributed by atoms with van der Waals surface area (Å²) in [5.41, 5.74) is 0. The molecule has 0 aromatic heterocycles. The zero-order chi connectivity index (χ0) is 9.68. The van der Waals surface area contributed by atoms with Crippen LogP contribution in [0, 0.1) is 11.6 Å². The summed E-state index contributed by atoms with van der Waals surface area (Å²) < 4.78 is 30.5. The largest absolute Gasteiger partial charge is 0.490 e. The van der Waals surface area contributed by atoms with Crippen LogP contribution in [0.3, 0.4) is 0 Å². The molecule has 0 aliphatic rings. The minimum Gasteiger partial charge on any atom is -0.490 e. The molecule has 0 fully saturated rings. The van der Waals surface area contributed by atoms with Crippen molar-refractivity contribution in [2.75, 3.05) is 12.4 Å². The summed E-state index contributed by atoms with van der Waals surface area (Å²) >= 11 is 3.97. The Labute approximate surface area is 81.1 Å². The van der Waals surface area contributed by atoms with Crippen LogP contribution >= 0.6 is 12.6 Å². The van der Waals surface area contributed by atoms with Crippen molar-refractivity contribution in [2.24, 2.45) is 0 Å². The lowest BCUT2D eigenvalue weighted by Gasteiger charge is -2.05. The van der Waals surface area contributed by atoms with Gasteiger partial charge in [-0.05, 0) is 24.3 Å². The third-order valence-electron chi connectivity index (χ3n) is 1.45. The summed E-state index contributed by atoms with van der Waals surface area (Å²) in [6.45, 7) is 0.351. The average molecular weight is 204 g/mol. The third-order valence-corrected chi connectivity index (χ3v) is 1.77. The van der Waals surface area contributed by atoms with E-state index >= 15 is 0 Å². The van der Waals surface area contributed by atoms with Crippen LogP contribution in [0.25, 0.3) is 0 Å². The fourth-order valence-corrected chi connectivity index (χ4v) is 0.964. The first kappa shape index (κ1) is 10.3. The Balaban J connectivity index is 2.59. The van der Waals surface area contributed by atoms with Crippen molar-refractivity contribution in [3.63, 3.8) is 0 Å². The summed E-state index contributed by atoms with van der Waals surface area (Å²) in [7, 11) is 0. The molecule has 4 heteroatoms. The number of thiol groups is 1. The Hall–Kier alpha value is -0.770. The van der Waals surface area contributed by atoms with Crippen LogP contribution in [-0.2, 0) is 0 Å². The molecular weight excluding hydrogens is 194 g/mol. The topological polar surface area (TPSA) is 9.23 Å². The van der Waals surface area contributed by atoms with Gasteiger partial charge >= 0.3 is 0 Å². The molecule has 0 saturated heterocycles. The van der Waals surface area contributed by atoms with E-state index in [0.717, 1.165) is 18.2 Å². The normalized spacial score (nSPS) is 10.1. The molecule has 0 N–H and O–H groups in total. The standard InChI is InChI=1S/C9H10F2OS/c10-7-2-3-8(11)9(6-7)12-4-1-5-13/h2-3,6,13H,1,4-5H2. The number of ether oxygens (including phenoxy) is 1. The lowest BCUT2D eigenvalue weighted by Crippen LogP contribution is -2.00. The summed E-state index contributed by atoms with van der Waals surface area (Å²) in [6.07, 6.45) is 0.707.